The molecule has 3 heteroatoms. The minimum atomic E-state index is -2.15. The second kappa shape index (κ2) is 9.73. The van der Waals surface area contributed by atoms with Crippen LogP contribution in [0.2, 0.25) is 11.1 Å². The number of hydrogen-bond donors (Lipinski definition) is 0. The summed E-state index contributed by atoms with van der Waals surface area (Å²) in [4.78, 5) is 0. The summed E-state index contributed by atoms with van der Waals surface area (Å²) in [5.41, 5.74) is 1.46. The van der Waals surface area contributed by atoms with E-state index in [9.17, 15) is 0 Å². The molecule has 2 fully saturated rings. The lowest BCUT2D eigenvalue weighted by Gasteiger charge is -2.47. The van der Waals surface area contributed by atoms with Crippen molar-refractivity contribution in [3.63, 3.8) is 0 Å². The Labute approximate surface area is 152 Å². The van der Waals surface area contributed by atoms with Crippen molar-refractivity contribution in [2.75, 3.05) is 13.2 Å². The van der Waals surface area contributed by atoms with E-state index >= 15 is 0 Å². The van der Waals surface area contributed by atoms with E-state index in [1.54, 1.807) is 0 Å². The molecule has 2 aliphatic rings. The molecule has 24 heavy (non-hydrogen) atoms. The molecular weight excluding hydrogens is 312 g/mol. The van der Waals surface area contributed by atoms with Crippen molar-refractivity contribution in [1.82, 2.24) is 0 Å². The molecule has 0 N–H and O–H groups in total. The SMILES string of the molecule is CCCO[Si](OCC(C)C)(C1CCC(C)CC1)C1CCCC(C)C1. The van der Waals surface area contributed by atoms with Gasteiger partial charge < -0.3 is 8.85 Å². The first-order chi connectivity index (χ1) is 11.5. The standard InChI is InChI=1S/C21H42O2Si/c1-6-14-22-24(23-16-17(2)3,20-12-10-18(4)11-13-20)21-9-7-8-19(5)15-21/h17-21H,6-16H2,1-5H3. The zero-order chi connectivity index (χ0) is 17.6. The summed E-state index contributed by atoms with van der Waals surface area (Å²) < 4.78 is 13.7. The van der Waals surface area contributed by atoms with Crippen LogP contribution in [0.4, 0.5) is 0 Å². The van der Waals surface area contributed by atoms with E-state index in [1.807, 2.05) is 0 Å². The predicted octanol–water partition coefficient (Wildman–Crippen LogP) is 6.69. The topological polar surface area (TPSA) is 18.5 Å². The molecule has 142 valence electrons. The van der Waals surface area contributed by atoms with Crippen LogP contribution in [0.25, 0.3) is 0 Å². The van der Waals surface area contributed by atoms with Crippen molar-refractivity contribution in [1.29, 1.82) is 0 Å². The highest BCUT2D eigenvalue weighted by Crippen LogP contribution is 2.51. The molecule has 0 aromatic carbocycles. The van der Waals surface area contributed by atoms with E-state index in [2.05, 4.69) is 34.6 Å². The van der Waals surface area contributed by atoms with Crippen LogP contribution in [0.15, 0.2) is 0 Å². The zero-order valence-electron chi connectivity index (χ0n) is 17.0. The summed E-state index contributed by atoms with van der Waals surface area (Å²) in [5, 5.41) is 0. The Balaban J connectivity index is 2.22. The number of rotatable bonds is 8. The highest BCUT2D eigenvalue weighted by molar-refractivity contribution is 6.70. The fourth-order valence-electron chi connectivity index (χ4n) is 4.87. The maximum Gasteiger partial charge on any atom is 0.344 e. The van der Waals surface area contributed by atoms with E-state index in [0.717, 1.165) is 42.6 Å². The molecule has 0 aromatic rings. The molecule has 3 atom stereocenters. The average Bonchev–Trinajstić information content (AvgIpc) is 2.56. The van der Waals surface area contributed by atoms with E-state index in [-0.39, 0.29) is 0 Å². The fraction of sp³-hybridized carbons (Fsp3) is 1.00. The smallest absolute Gasteiger partial charge is 0.344 e. The van der Waals surface area contributed by atoms with Crippen molar-refractivity contribution < 1.29 is 8.85 Å². The number of hydrogen-bond acceptors (Lipinski definition) is 2. The first kappa shape index (κ1) is 20.4. The third kappa shape index (κ3) is 5.31. The Morgan fingerprint density at radius 2 is 1.58 bits per heavy atom. The zero-order valence-corrected chi connectivity index (χ0v) is 18.0. The summed E-state index contributed by atoms with van der Waals surface area (Å²) in [5.74, 6) is 2.35. The van der Waals surface area contributed by atoms with Gasteiger partial charge in [-0.1, -0.05) is 60.3 Å². The van der Waals surface area contributed by atoms with Gasteiger partial charge in [0.2, 0.25) is 0 Å². The Kier molecular flexibility index (Phi) is 8.29. The van der Waals surface area contributed by atoms with Gasteiger partial charge in [-0.3, -0.25) is 0 Å². The van der Waals surface area contributed by atoms with Crippen LogP contribution in [0.3, 0.4) is 0 Å². The summed E-state index contributed by atoms with van der Waals surface area (Å²) in [6.45, 7) is 13.5. The van der Waals surface area contributed by atoms with Crippen LogP contribution in [0.1, 0.15) is 92.4 Å². The molecular formula is C21H42O2Si. The van der Waals surface area contributed by atoms with Crippen LogP contribution < -0.4 is 0 Å². The molecule has 3 unspecified atom stereocenters. The Bertz CT molecular complexity index is 352. The highest BCUT2D eigenvalue weighted by Gasteiger charge is 2.53. The summed E-state index contributed by atoms with van der Waals surface area (Å²) in [7, 11) is -2.15. The van der Waals surface area contributed by atoms with Crippen LogP contribution in [0.5, 0.6) is 0 Å². The van der Waals surface area contributed by atoms with E-state index in [1.165, 1.54) is 51.4 Å². The van der Waals surface area contributed by atoms with E-state index < -0.39 is 8.56 Å². The van der Waals surface area contributed by atoms with Gasteiger partial charge in [0.1, 0.15) is 0 Å². The molecule has 0 spiro atoms. The molecule has 2 aliphatic carbocycles. The van der Waals surface area contributed by atoms with Gasteiger partial charge in [0.25, 0.3) is 0 Å². The molecule has 2 rings (SSSR count). The van der Waals surface area contributed by atoms with Gasteiger partial charge in [-0.2, -0.15) is 0 Å². The van der Waals surface area contributed by atoms with Crippen molar-refractivity contribution >= 4 is 8.56 Å². The minimum Gasteiger partial charge on any atom is -0.394 e. The van der Waals surface area contributed by atoms with Gasteiger partial charge in [-0.15, -0.1) is 0 Å². The molecule has 0 aromatic heterocycles. The van der Waals surface area contributed by atoms with Gasteiger partial charge >= 0.3 is 8.56 Å². The molecule has 0 saturated heterocycles. The third-order valence-corrected chi connectivity index (χ3v) is 10.9. The lowest BCUT2D eigenvalue weighted by molar-refractivity contribution is 0.115. The summed E-state index contributed by atoms with van der Waals surface area (Å²) >= 11 is 0. The molecule has 0 heterocycles. The van der Waals surface area contributed by atoms with Crippen molar-refractivity contribution in [3.05, 3.63) is 0 Å². The van der Waals surface area contributed by atoms with Gasteiger partial charge in [-0.25, -0.2) is 0 Å². The quantitative estimate of drug-likeness (QED) is 0.452. The second-order valence-electron chi connectivity index (χ2n) is 9.20. The molecule has 0 bridgehead atoms. The van der Waals surface area contributed by atoms with Crippen LogP contribution in [-0.2, 0) is 8.85 Å². The van der Waals surface area contributed by atoms with E-state index in [4.69, 9.17) is 8.85 Å². The Hall–Kier alpha value is 0.137. The molecule has 2 nitrogen and oxygen atoms in total. The van der Waals surface area contributed by atoms with Gasteiger partial charge in [0.15, 0.2) is 0 Å². The van der Waals surface area contributed by atoms with E-state index in [0.29, 0.717) is 5.92 Å². The Morgan fingerprint density at radius 1 is 0.875 bits per heavy atom. The monoisotopic (exact) mass is 354 g/mol. The van der Waals surface area contributed by atoms with Crippen LogP contribution in [-0.4, -0.2) is 21.8 Å². The Morgan fingerprint density at radius 3 is 2.17 bits per heavy atom. The summed E-state index contributed by atoms with van der Waals surface area (Å²) in [6.07, 6.45) is 12.0. The first-order valence-electron chi connectivity index (χ1n) is 10.8. The third-order valence-electron chi connectivity index (χ3n) is 6.26. The molecule has 0 amide bonds. The van der Waals surface area contributed by atoms with Crippen molar-refractivity contribution in [3.8, 4) is 0 Å². The molecule has 0 aliphatic heterocycles. The minimum absolute atomic E-state index is 0.602. The van der Waals surface area contributed by atoms with Gasteiger partial charge in [0.05, 0.1) is 0 Å². The van der Waals surface area contributed by atoms with Gasteiger partial charge in [0, 0.05) is 24.3 Å². The lowest BCUT2D eigenvalue weighted by atomic mass is 9.90. The maximum absolute atomic E-state index is 6.87. The highest BCUT2D eigenvalue weighted by atomic mass is 28.4. The summed E-state index contributed by atoms with van der Waals surface area (Å²) in [6, 6.07) is 0. The lowest BCUT2D eigenvalue weighted by Crippen LogP contribution is -2.53. The van der Waals surface area contributed by atoms with Crippen molar-refractivity contribution in [2.45, 2.75) is 103 Å². The normalized spacial score (nSPS) is 34.2. The molecule has 0 radical (unpaired) electrons. The van der Waals surface area contributed by atoms with Crippen LogP contribution >= 0.6 is 0 Å². The predicted molar refractivity (Wildman–Crippen MR) is 106 cm³/mol. The van der Waals surface area contributed by atoms with Crippen molar-refractivity contribution in [2.24, 2.45) is 17.8 Å². The fourth-order valence-corrected chi connectivity index (χ4v) is 10.2. The average molecular weight is 355 g/mol. The molecule has 2 saturated carbocycles. The largest absolute Gasteiger partial charge is 0.394 e. The van der Waals surface area contributed by atoms with Crippen LogP contribution in [0, 0.1) is 17.8 Å². The van der Waals surface area contributed by atoms with Gasteiger partial charge in [-0.05, 0) is 49.9 Å². The second-order valence-corrected chi connectivity index (χ2v) is 12.9. The maximum atomic E-state index is 6.87. The first-order valence-corrected chi connectivity index (χ1v) is 12.7.